The Labute approximate surface area is 222 Å². The Morgan fingerprint density at radius 3 is 2.25 bits per heavy atom. The molecule has 0 aliphatic rings. The Kier molecular flexibility index (Phi) is 7.89. The van der Waals surface area contributed by atoms with Crippen molar-refractivity contribution < 1.29 is 50.5 Å². The predicted molar refractivity (Wildman–Crippen MR) is 127 cm³/mol. The van der Waals surface area contributed by atoms with E-state index in [1.54, 1.807) is 13.0 Å². The lowest BCUT2D eigenvalue weighted by molar-refractivity contribution is -0.274. The molecule has 0 aliphatic carbocycles. The zero-order valence-corrected chi connectivity index (χ0v) is 20.5. The van der Waals surface area contributed by atoms with Crippen molar-refractivity contribution in [2.75, 3.05) is 6.61 Å². The van der Waals surface area contributed by atoms with Gasteiger partial charge < -0.3 is 19.3 Å². The molecule has 40 heavy (non-hydrogen) atoms. The SMILES string of the molecule is Cc1cc(OCc2nc(-c3ccc(OC(F)(F)F)cc3)n(-c3cccc(C(F)(F)F)c3)n2)ccc1OCC(=O)O. The van der Waals surface area contributed by atoms with Crippen molar-refractivity contribution in [1.82, 2.24) is 14.8 Å². The van der Waals surface area contributed by atoms with E-state index in [0.717, 1.165) is 28.9 Å². The summed E-state index contributed by atoms with van der Waals surface area (Å²) in [6.45, 7) is 0.932. The number of hydrogen-bond donors (Lipinski definition) is 1. The zero-order chi connectivity index (χ0) is 29.1. The molecule has 4 aromatic rings. The van der Waals surface area contributed by atoms with Crippen LogP contribution in [0.25, 0.3) is 17.1 Å². The molecule has 0 atom stereocenters. The van der Waals surface area contributed by atoms with Crippen molar-refractivity contribution >= 4 is 5.97 Å². The molecule has 0 radical (unpaired) electrons. The van der Waals surface area contributed by atoms with Gasteiger partial charge in [-0.2, -0.15) is 13.2 Å². The molecular weight excluding hydrogens is 548 g/mol. The van der Waals surface area contributed by atoms with Crippen molar-refractivity contribution in [2.45, 2.75) is 26.1 Å². The molecule has 14 heteroatoms. The van der Waals surface area contributed by atoms with E-state index in [4.69, 9.17) is 14.6 Å². The minimum Gasteiger partial charge on any atom is -0.486 e. The van der Waals surface area contributed by atoms with Gasteiger partial charge in [0, 0.05) is 5.56 Å². The molecule has 3 aromatic carbocycles. The van der Waals surface area contributed by atoms with Crippen LogP contribution in [0.15, 0.2) is 66.7 Å². The molecule has 0 spiro atoms. The first-order valence-electron chi connectivity index (χ1n) is 11.4. The maximum Gasteiger partial charge on any atom is 0.573 e. The third-order valence-corrected chi connectivity index (χ3v) is 5.28. The van der Waals surface area contributed by atoms with Crippen LogP contribution in [0.4, 0.5) is 26.3 Å². The summed E-state index contributed by atoms with van der Waals surface area (Å²) in [4.78, 5) is 15.1. The topological polar surface area (TPSA) is 95.7 Å². The molecule has 1 N–H and O–H groups in total. The maximum absolute atomic E-state index is 13.3. The normalized spacial score (nSPS) is 11.8. The molecule has 210 valence electrons. The monoisotopic (exact) mass is 567 g/mol. The summed E-state index contributed by atoms with van der Waals surface area (Å²) in [6.07, 6.45) is -9.53. The van der Waals surface area contributed by atoms with Crippen molar-refractivity contribution in [2.24, 2.45) is 0 Å². The summed E-state index contributed by atoms with van der Waals surface area (Å²) in [5.41, 5.74) is -0.0849. The fourth-order valence-corrected chi connectivity index (χ4v) is 3.56. The molecule has 8 nitrogen and oxygen atoms in total. The quantitative estimate of drug-likeness (QED) is 0.241. The highest BCUT2D eigenvalue weighted by Gasteiger charge is 2.32. The van der Waals surface area contributed by atoms with Gasteiger partial charge in [-0.1, -0.05) is 6.07 Å². The van der Waals surface area contributed by atoms with Gasteiger partial charge in [-0.15, -0.1) is 18.3 Å². The number of aliphatic carboxylic acids is 1. The Morgan fingerprint density at radius 1 is 0.925 bits per heavy atom. The Balaban J connectivity index is 1.64. The van der Waals surface area contributed by atoms with E-state index in [-0.39, 0.29) is 29.5 Å². The molecule has 4 rings (SSSR count). The number of hydrogen-bond acceptors (Lipinski definition) is 6. The number of rotatable bonds is 9. The number of aryl methyl sites for hydroxylation is 1. The lowest BCUT2D eigenvalue weighted by atomic mass is 10.1. The molecule has 0 fully saturated rings. The summed E-state index contributed by atoms with van der Waals surface area (Å²) >= 11 is 0. The number of carboxylic acids is 1. The van der Waals surface area contributed by atoms with E-state index in [9.17, 15) is 31.1 Å². The zero-order valence-electron chi connectivity index (χ0n) is 20.5. The summed E-state index contributed by atoms with van der Waals surface area (Å²) < 4.78 is 93.5. The fraction of sp³-hybridized carbons (Fsp3) is 0.192. The van der Waals surface area contributed by atoms with Crippen LogP contribution in [-0.4, -0.2) is 38.8 Å². The molecule has 0 saturated carbocycles. The molecule has 0 bridgehead atoms. The Morgan fingerprint density at radius 2 is 1.62 bits per heavy atom. The predicted octanol–water partition coefficient (Wildman–Crippen LogP) is 6.20. The van der Waals surface area contributed by atoms with Crippen LogP contribution in [0.1, 0.15) is 17.0 Å². The molecule has 0 amide bonds. The average molecular weight is 567 g/mol. The number of nitrogens with zero attached hydrogens (tertiary/aromatic N) is 3. The van der Waals surface area contributed by atoms with E-state index in [1.807, 2.05) is 0 Å². The third kappa shape index (κ3) is 7.21. The Bertz CT molecular complexity index is 1500. The second-order valence-corrected chi connectivity index (χ2v) is 8.28. The van der Waals surface area contributed by atoms with Gasteiger partial charge >= 0.3 is 18.5 Å². The van der Waals surface area contributed by atoms with Crippen molar-refractivity contribution in [3.8, 4) is 34.3 Å². The molecule has 0 aliphatic heterocycles. The first kappa shape index (κ1) is 28.3. The molecular formula is C26H19F6N3O5. The maximum atomic E-state index is 13.3. The summed E-state index contributed by atoms with van der Waals surface area (Å²) in [7, 11) is 0. The number of aromatic nitrogens is 3. The van der Waals surface area contributed by atoms with Crippen molar-refractivity contribution in [3.63, 3.8) is 0 Å². The number of ether oxygens (including phenoxy) is 3. The van der Waals surface area contributed by atoms with Gasteiger partial charge in [0.15, 0.2) is 18.3 Å². The number of carbonyl (C=O) groups is 1. The van der Waals surface area contributed by atoms with Gasteiger partial charge in [0.05, 0.1) is 11.3 Å². The lowest BCUT2D eigenvalue weighted by Gasteiger charge is -2.11. The van der Waals surface area contributed by atoms with Gasteiger partial charge in [0.1, 0.15) is 23.9 Å². The fourth-order valence-electron chi connectivity index (χ4n) is 3.56. The largest absolute Gasteiger partial charge is 0.573 e. The van der Waals surface area contributed by atoms with Gasteiger partial charge in [0.25, 0.3) is 0 Å². The molecule has 1 heterocycles. The Hall–Kier alpha value is -4.75. The van der Waals surface area contributed by atoms with E-state index >= 15 is 0 Å². The first-order chi connectivity index (χ1) is 18.8. The lowest BCUT2D eigenvalue weighted by Crippen LogP contribution is -2.16. The van der Waals surface area contributed by atoms with E-state index in [2.05, 4.69) is 14.8 Å². The number of alkyl halides is 6. The highest BCUT2D eigenvalue weighted by atomic mass is 19.4. The standard InChI is InChI=1S/C26H19F6N3O5/c1-15-11-20(9-10-21(15)39-14-23(36)37)38-13-22-33-24(16-5-7-19(8-6-16)40-26(30,31)32)35(34-22)18-4-2-3-17(12-18)25(27,28)29/h2-12H,13-14H2,1H3,(H,36,37). The van der Waals surface area contributed by atoms with Gasteiger partial charge in [-0.25, -0.2) is 14.5 Å². The average Bonchev–Trinajstić information content (AvgIpc) is 3.30. The number of carboxylic acid groups (broad SMARTS) is 1. The highest BCUT2D eigenvalue weighted by Crippen LogP contribution is 2.32. The minimum atomic E-state index is -4.90. The van der Waals surface area contributed by atoms with E-state index < -0.39 is 36.4 Å². The van der Waals surface area contributed by atoms with E-state index in [0.29, 0.717) is 17.1 Å². The highest BCUT2D eigenvalue weighted by molar-refractivity contribution is 5.68. The number of benzene rings is 3. The first-order valence-corrected chi connectivity index (χ1v) is 11.4. The minimum absolute atomic E-state index is 0.00923. The van der Waals surface area contributed by atoms with Crippen LogP contribution < -0.4 is 14.2 Å². The van der Waals surface area contributed by atoms with Crippen LogP contribution in [0.3, 0.4) is 0 Å². The van der Waals surface area contributed by atoms with Gasteiger partial charge in [-0.3, -0.25) is 0 Å². The summed E-state index contributed by atoms with van der Waals surface area (Å²) in [5, 5.41) is 13.0. The second-order valence-electron chi connectivity index (χ2n) is 8.28. The second kappa shape index (κ2) is 11.2. The van der Waals surface area contributed by atoms with Crippen LogP contribution in [-0.2, 0) is 17.6 Å². The van der Waals surface area contributed by atoms with Crippen LogP contribution in [0.2, 0.25) is 0 Å². The summed E-state index contributed by atoms with van der Waals surface area (Å²) in [5.74, 6) is -0.832. The third-order valence-electron chi connectivity index (χ3n) is 5.28. The summed E-state index contributed by atoms with van der Waals surface area (Å²) in [6, 6.07) is 13.5. The van der Waals surface area contributed by atoms with Crippen LogP contribution >= 0.6 is 0 Å². The van der Waals surface area contributed by atoms with Crippen molar-refractivity contribution in [1.29, 1.82) is 0 Å². The molecule has 0 unspecified atom stereocenters. The van der Waals surface area contributed by atoms with Crippen molar-refractivity contribution in [3.05, 3.63) is 83.7 Å². The van der Waals surface area contributed by atoms with Crippen LogP contribution in [0.5, 0.6) is 17.2 Å². The molecule has 1 aromatic heterocycles. The van der Waals surface area contributed by atoms with Gasteiger partial charge in [-0.05, 0) is 73.2 Å². The van der Waals surface area contributed by atoms with Crippen LogP contribution in [0, 0.1) is 6.92 Å². The number of halogens is 6. The smallest absolute Gasteiger partial charge is 0.486 e. The van der Waals surface area contributed by atoms with E-state index in [1.165, 1.54) is 36.4 Å². The van der Waals surface area contributed by atoms with Gasteiger partial charge in [0.2, 0.25) is 0 Å². The molecule has 0 saturated heterocycles.